The number of nitrogens with two attached hydrogens (primary N) is 1. The van der Waals surface area contributed by atoms with Crippen molar-refractivity contribution in [2.24, 2.45) is 0 Å². The standard InChI is InChI=1S/C9H13NO.C3H6.C2H6/c1-3-11-8-5-4-7(2)9(10)6-8;1-3-2;1-2/h4-6H,3,10H2,1-2H3;3H,1H2,2H3;1-2H3. The van der Waals surface area contributed by atoms with Crippen LogP contribution < -0.4 is 10.5 Å². The molecule has 0 aliphatic heterocycles. The highest BCUT2D eigenvalue weighted by molar-refractivity contribution is 5.50. The molecule has 0 radical (unpaired) electrons. The van der Waals surface area contributed by atoms with Gasteiger partial charge in [-0.25, -0.2) is 0 Å². The molecule has 0 aromatic heterocycles. The van der Waals surface area contributed by atoms with Gasteiger partial charge in [-0.15, -0.1) is 6.58 Å². The summed E-state index contributed by atoms with van der Waals surface area (Å²) in [6.45, 7) is 13.9. The van der Waals surface area contributed by atoms with E-state index in [2.05, 4.69) is 6.58 Å². The van der Waals surface area contributed by atoms with Crippen molar-refractivity contribution in [1.82, 2.24) is 0 Å². The number of ether oxygens (including phenoxy) is 1. The van der Waals surface area contributed by atoms with Gasteiger partial charge in [0.1, 0.15) is 5.75 Å². The van der Waals surface area contributed by atoms with Crippen LogP contribution in [0.3, 0.4) is 0 Å². The average molecular weight is 223 g/mol. The summed E-state index contributed by atoms with van der Waals surface area (Å²) in [5.74, 6) is 0.843. The lowest BCUT2D eigenvalue weighted by Crippen LogP contribution is -1.94. The zero-order valence-electron chi connectivity index (χ0n) is 11.2. The van der Waals surface area contributed by atoms with E-state index >= 15 is 0 Å². The van der Waals surface area contributed by atoms with E-state index in [1.807, 2.05) is 52.8 Å². The summed E-state index contributed by atoms with van der Waals surface area (Å²) in [5.41, 5.74) is 7.55. The van der Waals surface area contributed by atoms with Crippen LogP contribution in [-0.2, 0) is 0 Å². The van der Waals surface area contributed by atoms with Crippen molar-refractivity contribution in [3.8, 4) is 5.75 Å². The van der Waals surface area contributed by atoms with Gasteiger partial charge in [0.15, 0.2) is 0 Å². The predicted octanol–water partition coefficient (Wildman–Crippen LogP) is 4.19. The first-order valence-electron chi connectivity index (χ1n) is 5.71. The molecule has 1 aromatic carbocycles. The first-order valence-corrected chi connectivity index (χ1v) is 5.71. The number of benzene rings is 1. The average Bonchev–Trinajstić information content (AvgIpc) is 2.28. The van der Waals surface area contributed by atoms with Crippen LogP contribution in [0, 0.1) is 6.92 Å². The van der Waals surface area contributed by atoms with Gasteiger partial charge < -0.3 is 10.5 Å². The van der Waals surface area contributed by atoms with Gasteiger partial charge in [-0.05, 0) is 32.4 Å². The molecule has 0 bridgehead atoms. The first kappa shape index (κ1) is 17.0. The van der Waals surface area contributed by atoms with Crippen LogP contribution in [0.5, 0.6) is 5.75 Å². The fraction of sp³-hybridized carbons (Fsp3) is 0.429. The maximum absolute atomic E-state index is 5.67. The molecule has 1 rings (SSSR count). The van der Waals surface area contributed by atoms with Gasteiger partial charge in [-0.2, -0.15) is 0 Å². The molecular formula is C14H25NO. The molecule has 2 N–H and O–H groups in total. The minimum atomic E-state index is 0.683. The number of rotatable bonds is 2. The number of anilines is 1. The molecular weight excluding hydrogens is 198 g/mol. The quantitative estimate of drug-likeness (QED) is 0.602. The SMILES string of the molecule is C=CC.CC.CCOc1ccc(C)c(N)c1. The van der Waals surface area contributed by atoms with Gasteiger partial charge in [0.2, 0.25) is 0 Å². The summed E-state index contributed by atoms with van der Waals surface area (Å²) >= 11 is 0. The van der Waals surface area contributed by atoms with Crippen molar-refractivity contribution in [3.05, 3.63) is 36.4 Å². The van der Waals surface area contributed by atoms with Crippen LogP contribution in [0.25, 0.3) is 0 Å². The lowest BCUT2D eigenvalue weighted by atomic mass is 10.2. The van der Waals surface area contributed by atoms with E-state index in [0.29, 0.717) is 6.61 Å². The predicted molar refractivity (Wildman–Crippen MR) is 74.0 cm³/mol. The minimum Gasteiger partial charge on any atom is -0.494 e. The van der Waals surface area contributed by atoms with Gasteiger partial charge in [0, 0.05) is 11.8 Å². The number of nitrogen functional groups attached to an aromatic ring is 1. The maximum Gasteiger partial charge on any atom is 0.121 e. The molecule has 0 heterocycles. The van der Waals surface area contributed by atoms with E-state index in [1.54, 1.807) is 6.08 Å². The Balaban J connectivity index is 0. The zero-order valence-corrected chi connectivity index (χ0v) is 11.2. The highest BCUT2D eigenvalue weighted by Gasteiger charge is 1.95. The van der Waals surface area contributed by atoms with Crippen molar-refractivity contribution in [1.29, 1.82) is 0 Å². The van der Waals surface area contributed by atoms with Crippen LogP contribution in [0.4, 0.5) is 5.69 Å². The summed E-state index contributed by atoms with van der Waals surface area (Å²) in [6.07, 6.45) is 1.75. The topological polar surface area (TPSA) is 35.2 Å². The summed E-state index contributed by atoms with van der Waals surface area (Å²) in [5, 5.41) is 0. The monoisotopic (exact) mass is 223 g/mol. The Labute approximate surface area is 100 Å². The van der Waals surface area contributed by atoms with Crippen LogP contribution >= 0.6 is 0 Å². The van der Waals surface area contributed by atoms with E-state index < -0.39 is 0 Å². The molecule has 1 aromatic rings. The highest BCUT2D eigenvalue weighted by Crippen LogP contribution is 2.18. The summed E-state index contributed by atoms with van der Waals surface area (Å²) in [4.78, 5) is 0. The normalized spacial score (nSPS) is 7.81. The fourth-order valence-electron chi connectivity index (χ4n) is 0.875. The third-order valence-electron chi connectivity index (χ3n) is 1.56. The molecule has 92 valence electrons. The molecule has 0 spiro atoms. The molecule has 0 aliphatic carbocycles. The van der Waals surface area contributed by atoms with Crippen LogP contribution in [0.2, 0.25) is 0 Å². The molecule has 0 fully saturated rings. The lowest BCUT2D eigenvalue weighted by molar-refractivity contribution is 0.340. The number of hydrogen-bond acceptors (Lipinski definition) is 2. The fourth-order valence-corrected chi connectivity index (χ4v) is 0.875. The van der Waals surface area contributed by atoms with Crippen LogP contribution in [-0.4, -0.2) is 6.61 Å². The molecule has 0 amide bonds. The van der Waals surface area contributed by atoms with Gasteiger partial charge in [-0.1, -0.05) is 26.0 Å². The molecule has 0 aliphatic rings. The van der Waals surface area contributed by atoms with Gasteiger partial charge in [-0.3, -0.25) is 0 Å². The van der Waals surface area contributed by atoms with E-state index in [-0.39, 0.29) is 0 Å². The summed E-state index contributed by atoms with van der Waals surface area (Å²) in [6, 6.07) is 5.73. The maximum atomic E-state index is 5.67. The van der Waals surface area contributed by atoms with Crippen molar-refractivity contribution in [2.45, 2.75) is 34.6 Å². The van der Waals surface area contributed by atoms with Crippen molar-refractivity contribution < 1.29 is 4.74 Å². The van der Waals surface area contributed by atoms with Crippen molar-refractivity contribution >= 4 is 5.69 Å². The second kappa shape index (κ2) is 11.6. The zero-order chi connectivity index (χ0) is 13.0. The van der Waals surface area contributed by atoms with E-state index in [0.717, 1.165) is 17.0 Å². The number of hydrogen-bond donors (Lipinski definition) is 1. The Morgan fingerprint density at radius 1 is 1.38 bits per heavy atom. The van der Waals surface area contributed by atoms with Crippen molar-refractivity contribution in [2.75, 3.05) is 12.3 Å². The smallest absolute Gasteiger partial charge is 0.121 e. The summed E-state index contributed by atoms with van der Waals surface area (Å²) < 4.78 is 5.26. The Morgan fingerprint density at radius 3 is 2.25 bits per heavy atom. The first-order chi connectivity index (χ1) is 7.65. The van der Waals surface area contributed by atoms with Gasteiger partial charge in [0.05, 0.1) is 6.61 Å². The van der Waals surface area contributed by atoms with Crippen LogP contribution in [0.1, 0.15) is 33.3 Å². The van der Waals surface area contributed by atoms with Gasteiger partial charge >= 0.3 is 0 Å². The van der Waals surface area contributed by atoms with E-state index in [4.69, 9.17) is 10.5 Å². The van der Waals surface area contributed by atoms with Crippen LogP contribution in [0.15, 0.2) is 30.9 Å². The highest BCUT2D eigenvalue weighted by atomic mass is 16.5. The van der Waals surface area contributed by atoms with Crippen molar-refractivity contribution in [3.63, 3.8) is 0 Å². The molecule has 2 nitrogen and oxygen atoms in total. The molecule has 0 atom stereocenters. The molecule has 2 heteroatoms. The largest absolute Gasteiger partial charge is 0.494 e. The Bertz CT molecular complexity index is 282. The molecule has 0 saturated carbocycles. The molecule has 0 saturated heterocycles. The lowest BCUT2D eigenvalue weighted by Gasteiger charge is -2.04. The third-order valence-corrected chi connectivity index (χ3v) is 1.56. The molecule has 16 heavy (non-hydrogen) atoms. The molecule has 0 unspecified atom stereocenters. The number of aryl methyl sites for hydroxylation is 1. The summed E-state index contributed by atoms with van der Waals surface area (Å²) in [7, 11) is 0. The Morgan fingerprint density at radius 2 is 1.88 bits per heavy atom. The Kier molecular flexibility index (Phi) is 12.3. The second-order valence-corrected chi connectivity index (χ2v) is 2.86. The number of allylic oxidation sites excluding steroid dienone is 1. The second-order valence-electron chi connectivity index (χ2n) is 2.86. The van der Waals surface area contributed by atoms with E-state index in [9.17, 15) is 0 Å². The van der Waals surface area contributed by atoms with Gasteiger partial charge in [0.25, 0.3) is 0 Å². The minimum absolute atomic E-state index is 0.683. The Hall–Kier alpha value is -1.44. The third kappa shape index (κ3) is 7.92. The van der Waals surface area contributed by atoms with E-state index in [1.165, 1.54) is 0 Å².